The molecule has 1 N–H and O–H groups in total. The van der Waals surface area contributed by atoms with Crippen LogP contribution in [0.5, 0.6) is 0 Å². The van der Waals surface area contributed by atoms with Crippen molar-refractivity contribution in [3.63, 3.8) is 0 Å². The number of para-hydroxylation sites is 1. The van der Waals surface area contributed by atoms with E-state index in [1.165, 1.54) is 11.3 Å². The molecule has 0 fully saturated rings. The third-order valence-corrected chi connectivity index (χ3v) is 5.17. The zero-order valence-electron chi connectivity index (χ0n) is 11.9. The summed E-state index contributed by atoms with van der Waals surface area (Å²) in [5.74, 6) is 0.334. The monoisotopic (exact) mass is 341 g/mol. The second-order valence-corrected chi connectivity index (χ2v) is 6.87. The Morgan fingerprint density at radius 2 is 2.13 bits per heavy atom. The molecule has 1 aromatic carbocycles. The molecule has 1 amide bonds. The number of carbonyl (C=O) groups excluding carboxylic acids is 1. The minimum atomic E-state index is -0.268. The van der Waals surface area contributed by atoms with E-state index in [0.717, 1.165) is 20.1 Å². The fraction of sp³-hybridized carbons (Fsp3) is 0.0625. The van der Waals surface area contributed by atoms with E-state index in [9.17, 15) is 4.79 Å². The maximum absolute atomic E-state index is 12.2. The van der Waals surface area contributed by atoms with E-state index in [4.69, 9.17) is 4.52 Å². The summed E-state index contributed by atoms with van der Waals surface area (Å²) < 4.78 is 6.33. The van der Waals surface area contributed by atoms with Crippen molar-refractivity contribution in [1.29, 1.82) is 0 Å². The molecule has 0 aliphatic rings. The Labute approximate surface area is 139 Å². The standard InChI is InChI=1S/C16H11N3O2S2/c20-16(11-8-12(21-19-11)14-6-3-7-22-14)17-9-15-18-10-4-1-2-5-13(10)23-15/h1-8H,9H2,(H,17,20). The van der Waals surface area contributed by atoms with Crippen LogP contribution in [0.4, 0.5) is 0 Å². The number of amides is 1. The van der Waals surface area contributed by atoms with Crippen LogP contribution in [0.1, 0.15) is 15.5 Å². The van der Waals surface area contributed by atoms with Crippen LogP contribution >= 0.6 is 22.7 Å². The van der Waals surface area contributed by atoms with E-state index in [2.05, 4.69) is 15.5 Å². The fourth-order valence-corrected chi connectivity index (χ4v) is 3.74. The first-order chi connectivity index (χ1) is 11.3. The molecular weight excluding hydrogens is 330 g/mol. The summed E-state index contributed by atoms with van der Waals surface area (Å²) in [5, 5.41) is 9.47. The van der Waals surface area contributed by atoms with Crippen LogP contribution in [0, 0.1) is 0 Å². The third-order valence-electron chi connectivity index (χ3n) is 3.25. The second-order valence-electron chi connectivity index (χ2n) is 4.81. The van der Waals surface area contributed by atoms with E-state index in [0.29, 0.717) is 12.3 Å². The molecule has 5 nitrogen and oxygen atoms in total. The van der Waals surface area contributed by atoms with Crippen molar-refractivity contribution in [3.8, 4) is 10.6 Å². The highest BCUT2D eigenvalue weighted by Gasteiger charge is 2.14. The number of thiazole rings is 1. The van der Waals surface area contributed by atoms with Crippen molar-refractivity contribution in [2.45, 2.75) is 6.54 Å². The maximum Gasteiger partial charge on any atom is 0.273 e. The number of benzene rings is 1. The molecular formula is C16H11N3O2S2. The van der Waals surface area contributed by atoms with Gasteiger partial charge in [0.25, 0.3) is 5.91 Å². The quantitative estimate of drug-likeness (QED) is 0.610. The van der Waals surface area contributed by atoms with Crippen LogP contribution in [0.3, 0.4) is 0 Å². The van der Waals surface area contributed by atoms with E-state index in [1.54, 1.807) is 17.4 Å². The molecule has 0 unspecified atom stereocenters. The average Bonchev–Trinajstić information content (AvgIpc) is 3.31. The minimum absolute atomic E-state index is 0.268. The molecule has 0 aliphatic heterocycles. The van der Waals surface area contributed by atoms with Crippen molar-refractivity contribution >= 4 is 38.8 Å². The summed E-state index contributed by atoms with van der Waals surface area (Å²) in [6, 6.07) is 13.4. The van der Waals surface area contributed by atoms with Gasteiger partial charge in [-0.25, -0.2) is 4.98 Å². The molecule has 0 saturated heterocycles. The van der Waals surface area contributed by atoms with Crippen molar-refractivity contribution in [1.82, 2.24) is 15.5 Å². The average molecular weight is 341 g/mol. The van der Waals surface area contributed by atoms with E-state index < -0.39 is 0 Å². The van der Waals surface area contributed by atoms with Gasteiger partial charge in [0.05, 0.1) is 21.6 Å². The SMILES string of the molecule is O=C(NCc1nc2ccccc2s1)c1cc(-c2cccs2)on1. The molecule has 0 aliphatic carbocycles. The Hall–Kier alpha value is -2.51. The molecule has 0 bridgehead atoms. The van der Waals surface area contributed by atoms with Gasteiger partial charge in [0.2, 0.25) is 0 Å². The summed E-state index contributed by atoms with van der Waals surface area (Å²) in [6.07, 6.45) is 0. The van der Waals surface area contributed by atoms with Crippen molar-refractivity contribution in [2.24, 2.45) is 0 Å². The highest BCUT2D eigenvalue weighted by atomic mass is 32.1. The molecule has 3 heterocycles. The molecule has 23 heavy (non-hydrogen) atoms. The number of fused-ring (bicyclic) bond motifs is 1. The summed E-state index contributed by atoms with van der Waals surface area (Å²) in [4.78, 5) is 17.6. The Kier molecular flexibility index (Phi) is 3.64. The van der Waals surface area contributed by atoms with Crippen molar-refractivity contribution < 1.29 is 9.32 Å². The molecule has 0 saturated carbocycles. The first-order valence-electron chi connectivity index (χ1n) is 6.93. The molecule has 4 aromatic rings. The van der Waals surface area contributed by atoms with Crippen LogP contribution in [0.2, 0.25) is 0 Å². The van der Waals surface area contributed by atoms with Crippen molar-refractivity contribution in [3.05, 3.63) is 58.5 Å². The lowest BCUT2D eigenvalue weighted by atomic mass is 10.3. The van der Waals surface area contributed by atoms with E-state index in [1.807, 2.05) is 41.8 Å². The van der Waals surface area contributed by atoms with Gasteiger partial charge in [-0.2, -0.15) is 0 Å². The number of rotatable bonds is 4. The van der Waals surface area contributed by atoms with Gasteiger partial charge in [-0.3, -0.25) is 4.79 Å². The second kappa shape index (κ2) is 5.94. The lowest BCUT2D eigenvalue weighted by Gasteiger charge is -1.98. The van der Waals surface area contributed by atoms with Crippen LogP contribution < -0.4 is 5.32 Å². The smallest absolute Gasteiger partial charge is 0.273 e. The summed E-state index contributed by atoms with van der Waals surface area (Å²) in [5.41, 5.74) is 1.22. The zero-order chi connectivity index (χ0) is 15.6. The lowest BCUT2D eigenvalue weighted by Crippen LogP contribution is -2.22. The van der Waals surface area contributed by atoms with Gasteiger partial charge in [-0.1, -0.05) is 23.4 Å². The molecule has 0 spiro atoms. The number of hydrogen-bond acceptors (Lipinski definition) is 6. The highest BCUT2D eigenvalue weighted by molar-refractivity contribution is 7.18. The lowest BCUT2D eigenvalue weighted by molar-refractivity contribution is 0.0942. The van der Waals surface area contributed by atoms with Crippen LogP contribution in [-0.4, -0.2) is 16.0 Å². The number of hydrogen-bond donors (Lipinski definition) is 1. The van der Waals surface area contributed by atoms with Crippen LogP contribution in [0.25, 0.3) is 20.9 Å². The largest absolute Gasteiger partial charge is 0.355 e. The number of nitrogens with zero attached hydrogens (tertiary/aromatic N) is 2. The van der Waals surface area contributed by atoms with Crippen molar-refractivity contribution in [2.75, 3.05) is 0 Å². The molecule has 0 radical (unpaired) electrons. The normalized spacial score (nSPS) is 11.0. The van der Waals surface area contributed by atoms with E-state index >= 15 is 0 Å². The number of carbonyl (C=O) groups is 1. The first kappa shape index (κ1) is 14.1. The maximum atomic E-state index is 12.2. The number of aromatic nitrogens is 2. The Morgan fingerprint density at radius 3 is 2.96 bits per heavy atom. The van der Waals surface area contributed by atoms with Gasteiger partial charge in [-0.05, 0) is 23.6 Å². The number of thiophene rings is 1. The molecule has 7 heteroatoms. The molecule has 4 rings (SSSR count). The van der Waals surface area contributed by atoms with Gasteiger partial charge in [-0.15, -0.1) is 22.7 Å². The number of nitrogens with one attached hydrogen (secondary N) is 1. The summed E-state index contributed by atoms with van der Waals surface area (Å²) in [7, 11) is 0. The van der Waals surface area contributed by atoms with Gasteiger partial charge >= 0.3 is 0 Å². The van der Waals surface area contributed by atoms with Gasteiger partial charge in [0.1, 0.15) is 5.01 Å². The Bertz CT molecular complexity index is 924. The Morgan fingerprint density at radius 1 is 1.22 bits per heavy atom. The third kappa shape index (κ3) is 2.88. The van der Waals surface area contributed by atoms with Gasteiger partial charge in [0.15, 0.2) is 11.5 Å². The fourth-order valence-electron chi connectivity index (χ4n) is 2.16. The predicted octanol–water partition coefficient (Wildman–Crippen LogP) is 3.94. The predicted molar refractivity (Wildman–Crippen MR) is 90.6 cm³/mol. The molecule has 0 atom stereocenters. The van der Waals surface area contributed by atoms with Crippen LogP contribution in [0.15, 0.2) is 52.4 Å². The topological polar surface area (TPSA) is 68.0 Å². The first-order valence-corrected chi connectivity index (χ1v) is 8.62. The summed E-state index contributed by atoms with van der Waals surface area (Å²) >= 11 is 3.11. The zero-order valence-corrected chi connectivity index (χ0v) is 13.5. The highest BCUT2D eigenvalue weighted by Crippen LogP contribution is 2.25. The van der Waals surface area contributed by atoms with E-state index in [-0.39, 0.29) is 11.6 Å². The van der Waals surface area contributed by atoms with Gasteiger partial charge in [0, 0.05) is 6.07 Å². The van der Waals surface area contributed by atoms with Gasteiger partial charge < -0.3 is 9.84 Å². The Balaban J connectivity index is 1.45. The molecule has 3 aromatic heterocycles. The molecule has 114 valence electrons. The van der Waals surface area contributed by atoms with Crippen LogP contribution in [-0.2, 0) is 6.54 Å². The minimum Gasteiger partial charge on any atom is -0.355 e. The summed E-state index contributed by atoms with van der Waals surface area (Å²) in [6.45, 7) is 0.374.